The molecule has 1 unspecified atom stereocenters. The molecule has 0 saturated heterocycles. The highest BCUT2D eigenvalue weighted by molar-refractivity contribution is 7.20. The molecule has 0 fully saturated rings. The first kappa shape index (κ1) is 12.4. The first-order chi connectivity index (χ1) is 7.61. The second-order valence-corrected chi connectivity index (χ2v) is 6.83. The maximum Gasteiger partial charge on any atom is 0.116 e. The third-order valence-electron chi connectivity index (χ3n) is 2.28. The second-order valence-electron chi connectivity index (χ2n) is 3.34. The van der Waals surface area contributed by atoms with Crippen molar-refractivity contribution < 1.29 is 5.11 Å². The standard InChI is InChI=1S/C11H10Cl2OS2/c1-2-6-3-4-8(15-6)10(14)7-5-9(12)16-11(7)13/h3-5,10,14H,2H2,1H3. The highest BCUT2D eigenvalue weighted by atomic mass is 35.5. The topological polar surface area (TPSA) is 20.2 Å². The number of aliphatic hydroxyl groups is 1. The van der Waals surface area contributed by atoms with Crippen molar-refractivity contribution in [1.29, 1.82) is 0 Å². The highest BCUT2D eigenvalue weighted by Gasteiger charge is 2.18. The van der Waals surface area contributed by atoms with E-state index in [4.69, 9.17) is 23.2 Å². The van der Waals surface area contributed by atoms with Crippen LogP contribution in [-0.4, -0.2) is 5.11 Å². The van der Waals surface area contributed by atoms with Crippen LogP contribution in [-0.2, 0) is 6.42 Å². The van der Waals surface area contributed by atoms with Crippen molar-refractivity contribution in [2.75, 3.05) is 0 Å². The van der Waals surface area contributed by atoms with Gasteiger partial charge in [-0.05, 0) is 24.6 Å². The van der Waals surface area contributed by atoms with E-state index in [0.717, 1.165) is 11.3 Å². The SMILES string of the molecule is CCc1ccc(C(O)c2cc(Cl)sc2Cl)s1. The van der Waals surface area contributed by atoms with Crippen LogP contribution < -0.4 is 0 Å². The van der Waals surface area contributed by atoms with Crippen LogP contribution >= 0.6 is 45.9 Å². The summed E-state index contributed by atoms with van der Waals surface area (Å²) in [5, 5.41) is 10.2. The third kappa shape index (κ3) is 2.44. The van der Waals surface area contributed by atoms with Gasteiger partial charge in [0.2, 0.25) is 0 Å². The van der Waals surface area contributed by atoms with Crippen LogP contribution in [0.25, 0.3) is 0 Å². The van der Waals surface area contributed by atoms with Crippen molar-refractivity contribution in [3.8, 4) is 0 Å². The van der Waals surface area contributed by atoms with Crippen LogP contribution in [0.5, 0.6) is 0 Å². The number of hydrogen-bond donors (Lipinski definition) is 1. The lowest BCUT2D eigenvalue weighted by atomic mass is 10.1. The maximum absolute atomic E-state index is 10.2. The summed E-state index contributed by atoms with van der Waals surface area (Å²) in [6.07, 6.45) is 0.316. The van der Waals surface area contributed by atoms with Crippen LogP contribution in [0.2, 0.25) is 8.67 Å². The molecule has 0 spiro atoms. The number of aryl methyl sites for hydroxylation is 1. The molecular formula is C11H10Cl2OS2. The molecule has 0 amide bonds. The average molecular weight is 293 g/mol. The zero-order valence-corrected chi connectivity index (χ0v) is 11.7. The summed E-state index contributed by atoms with van der Waals surface area (Å²) in [6.45, 7) is 2.09. The fourth-order valence-electron chi connectivity index (χ4n) is 1.42. The average Bonchev–Trinajstić information content (AvgIpc) is 2.84. The summed E-state index contributed by atoms with van der Waals surface area (Å²) in [4.78, 5) is 2.17. The quantitative estimate of drug-likeness (QED) is 0.865. The minimum Gasteiger partial charge on any atom is -0.383 e. The minimum atomic E-state index is -0.665. The molecule has 2 heterocycles. The normalized spacial score (nSPS) is 13.0. The predicted octanol–water partition coefficient (Wildman–Crippen LogP) is 4.76. The van der Waals surface area contributed by atoms with Crippen LogP contribution in [0, 0.1) is 0 Å². The molecule has 0 aliphatic heterocycles. The van der Waals surface area contributed by atoms with Gasteiger partial charge in [-0.15, -0.1) is 22.7 Å². The Hall–Kier alpha value is -0.0600. The Morgan fingerprint density at radius 2 is 2.06 bits per heavy atom. The molecule has 0 aliphatic carbocycles. The molecule has 5 heteroatoms. The molecule has 16 heavy (non-hydrogen) atoms. The molecule has 0 radical (unpaired) electrons. The molecule has 1 nitrogen and oxygen atoms in total. The Morgan fingerprint density at radius 1 is 1.31 bits per heavy atom. The van der Waals surface area contributed by atoms with E-state index in [1.54, 1.807) is 17.4 Å². The van der Waals surface area contributed by atoms with Gasteiger partial charge in [0, 0.05) is 15.3 Å². The molecule has 2 rings (SSSR count). The Balaban J connectivity index is 2.31. The molecule has 1 atom stereocenters. The van der Waals surface area contributed by atoms with E-state index in [-0.39, 0.29) is 0 Å². The fraction of sp³-hybridized carbons (Fsp3) is 0.273. The molecule has 1 N–H and O–H groups in total. The number of halogens is 2. The van der Waals surface area contributed by atoms with Gasteiger partial charge in [-0.3, -0.25) is 0 Å². The van der Waals surface area contributed by atoms with E-state index in [9.17, 15) is 5.11 Å². The predicted molar refractivity (Wildman–Crippen MR) is 72.1 cm³/mol. The zero-order valence-electron chi connectivity index (χ0n) is 8.54. The molecule has 86 valence electrons. The molecule has 2 aromatic heterocycles. The summed E-state index contributed by atoms with van der Waals surface area (Å²) in [5.74, 6) is 0. The second kappa shape index (κ2) is 5.07. The number of aliphatic hydroxyl groups excluding tert-OH is 1. The van der Waals surface area contributed by atoms with E-state index < -0.39 is 6.10 Å². The summed E-state index contributed by atoms with van der Waals surface area (Å²) in [6, 6.07) is 5.70. The largest absolute Gasteiger partial charge is 0.383 e. The molecule has 2 aromatic rings. The number of rotatable bonds is 3. The molecule has 0 bridgehead atoms. The van der Waals surface area contributed by atoms with Crippen molar-refractivity contribution >= 4 is 45.9 Å². The van der Waals surface area contributed by atoms with Crippen LogP contribution in [0.1, 0.15) is 28.3 Å². The van der Waals surface area contributed by atoms with Crippen LogP contribution in [0.4, 0.5) is 0 Å². The first-order valence-electron chi connectivity index (χ1n) is 4.83. The summed E-state index contributed by atoms with van der Waals surface area (Å²) in [5.41, 5.74) is 0.696. The Labute approximate surface area is 112 Å². The molecule has 0 saturated carbocycles. The summed E-state index contributed by atoms with van der Waals surface area (Å²) >= 11 is 14.8. The molecule has 0 aromatic carbocycles. The van der Waals surface area contributed by atoms with E-state index in [2.05, 4.69) is 6.92 Å². The van der Waals surface area contributed by atoms with E-state index in [0.29, 0.717) is 14.2 Å². The van der Waals surface area contributed by atoms with Crippen molar-refractivity contribution in [3.63, 3.8) is 0 Å². The van der Waals surface area contributed by atoms with Crippen molar-refractivity contribution in [2.24, 2.45) is 0 Å². The lowest BCUT2D eigenvalue weighted by molar-refractivity contribution is 0.225. The van der Waals surface area contributed by atoms with E-state index >= 15 is 0 Å². The van der Waals surface area contributed by atoms with Crippen molar-refractivity contribution in [2.45, 2.75) is 19.4 Å². The Bertz CT molecular complexity index is 490. The van der Waals surface area contributed by atoms with Gasteiger partial charge in [0.15, 0.2) is 0 Å². The van der Waals surface area contributed by atoms with E-state index in [1.165, 1.54) is 16.2 Å². The fourth-order valence-corrected chi connectivity index (χ4v) is 3.90. The lowest BCUT2D eigenvalue weighted by Crippen LogP contribution is -1.95. The zero-order chi connectivity index (χ0) is 11.7. The first-order valence-corrected chi connectivity index (χ1v) is 7.22. The lowest BCUT2D eigenvalue weighted by Gasteiger charge is -2.06. The van der Waals surface area contributed by atoms with Gasteiger partial charge < -0.3 is 5.11 Å². The van der Waals surface area contributed by atoms with Crippen LogP contribution in [0.15, 0.2) is 18.2 Å². The smallest absolute Gasteiger partial charge is 0.116 e. The van der Waals surface area contributed by atoms with Crippen LogP contribution in [0.3, 0.4) is 0 Å². The van der Waals surface area contributed by atoms with Crippen molar-refractivity contribution in [1.82, 2.24) is 0 Å². The minimum absolute atomic E-state index is 0.559. The van der Waals surface area contributed by atoms with Crippen molar-refractivity contribution in [3.05, 3.63) is 42.2 Å². The Kier molecular flexibility index (Phi) is 3.93. The van der Waals surface area contributed by atoms with Gasteiger partial charge in [0.1, 0.15) is 10.4 Å². The molecule has 0 aliphatic rings. The number of hydrogen-bond acceptors (Lipinski definition) is 3. The summed E-state index contributed by atoms with van der Waals surface area (Å²) < 4.78 is 1.16. The van der Waals surface area contributed by atoms with Gasteiger partial charge in [-0.1, -0.05) is 30.1 Å². The Morgan fingerprint density at radius 3 is 2.56 bits per heavy atom. The third-order valence-corrected chi connectivity index (χ3v) is 5.08. The van der Waals surface area contributed by atoms with E-state index in [1.807, 2.05) is 12.1 Å². The molecular weight excluding hydrogens is 283 g/mol. The van der Waals surface area contributed by atoms with Gasteiger partial charge >= 0.3 is 0 Å². The van der Waals surface area contributed by atoms with Gasteiger partial charge in [-0.2, -0.15) is 0 Å². The highest BCUT2D eigenvalue weighted by Crippen LogP contribution is 2.39. The summed E-state index contributed by atoms with van der Waals surface area (Å²) in [7, 11) is 0. The van der Waals surface area contributed by atoms with Gasteiger partial charge in [0.05, 0.1) is 4.34 Å². The van der Waals surface area contributed by atoms with Gasteiger partial charge in [-0.25, -0.2) is 0 Å². The maximum atomic E-state index is 10.2. The van der Waals surface area contributed by atoms with Gasteiger partial charge in [0.25, 0.3) is 0 Å². The monoisotopic (exact) mass is 292 g/mol. The number of thiophene rings is 2.